The Morgan fingerprint density at radius 3 is 3.06 bits per heavy atom. The van der Waals surface area contributed by atoms with Crippen LogP contribution in [0.1, 0.15) is 30.3 Å². The molecule has 1 aliphatic rings. The van der Waals surface area contributed by atoms with Gasteiger partial charge in [-0.1, -0.05) is 0 Å². The van der Waals surface area contributed by atoms with E-state index in [9.17, 15) is 0 Å². The van der Waals surface area contributed by atoms with E-state index in [2.05, 4.69) is 20.2 Å². The molecule has 0 aliphatic carbocycles. The summed E-state index contributed by atoms with van der Waals surface area (Å²) in [5.74, 6) is 2.20. The minimum Gasteiger partial charge on any atom is -0.395 e. The Hall–Kier alpha value is -1.20. The number of anilines is 1. The minimum absolute atomic E-state index is 0.225. The third-order valence-electron chi connectivity index (χ3n) is 3.41. The van der Waals surface area contributed by atoms with Crippen molar-refractivity contribution in [1.29, 1.82) is 0 Å². The van der Waals surface area contributed by atoms with Crippen LogP contribution in [0.15, 0.2) is 6.07 Å². The van der Waals surface area contributed by atoms with Crippen LogP contribution in [0.3, 0.4) is 0 Å². The second-order valence-electron chi connectivity index (χ2n) is 4.87. The Kier molecular flexibility index (Phi) is 4.49. The molecule has 5 heteroatoms. The summed E-state index contributed by atoms with van der Waals surface area (Å²) in [7, 11) is 1.88. The van der Waals surface area contributed by atoms with Crippen LogP contribution >= 0.6 is 0 Å². The Balaban J connectivity index is 2.12. The Bertz CT molecular complexity index is 395. The van der Waals surface area contributed by atoms with Gasteiger partial charge in [-0.3, -0.25) is 0 Å². The predicted octanol–water partition coefficient (Wildman–Crippen LogP) is 0.998. The van der Waals surface area contributed by atoms with E-state index < -0.39 is 0 Å². The molecule has 0 amide bonds. The van der Waals surface area contributed by atoms with E-state index in [1.54, 1.807) is 0 Å². The van der Waals surface area contributed by atoms with E-state index in [4.69, 9.17) is 5.11 Å². The third kappa shape index (κ3) is 3.17. The van der Waals surface area contributed by atoms with Gasteiger partial charge in [0.2, 0.25) is 0 Å². The molecule has 0 bridgehead atoms. The monoisotopic (exact) mass is 250 g/mol. The van der Waals surface area contributed by atoms with Crippen LogP contribution in [0.4, 0.5) is 5.82 Å². The first-order valence-electron chi connectivity index (χ1n) is 6.59. The first-order valence-corrected chi connectivity index (χ1v) is 6.59. The number of likely N-dealkylation sites (tertiary alicyclic amines) is 1. The van der Waals surface area contributed by atoms with Gasteiger partial charge >= 0.3 is 0 Å². The average molecular weight is 250 g/mol. The molecule has 18 heavy (non-hydrogen) atoms. The van der Waals surface area contributed by atoms with Crippen molar-refractivity contribution in [2.45, 2.75) is 25.7 Å². The zero-order valence-corrected chi connectivity index (χ0v) is 11.2. The first kappa shape index (κ1) is 13.2. The summed E-state index contributed by atoms with van der Waals surface area (Å²) in [6, 6.07) is 1.96. The van der Waals surface area contributed by atoms with E-state index >= 15 is 0 Å². The van der Waals surface area contributed by atoms with Crippen molar-refractivity contribution >= 4 is 5.82 Å². The molecule has 1 aromatic heterocycles. The SMILES string of the molecule is CNc1cc(C)nc(C2CCCN(CCO)C2)n1. The fourth-order valence-electron chi connectivity index (χ4n) is 2.51. The molecule has 1 aliphatic heterocycles. The molecule has 0 aromatic carbocycles. The van der Waals surface area contributed by atoms with Crippen molar-refractivity contribution in [3.63, 3.8) is 0 Å². The number of aliphatic hydroxyl groups is 1. The van der Waals surface area contributed by atoms with E-state index in [1.807, 2.05) is 20.0 Å². The summed E-state index contributed by atoms with van der Waals surface area (Å²) in [6.07, 6.45) is 2.28. The van der Waals surface area contributed by atoms with Gasteiger partial charge in [-0.2, -0.15) is 0 Å². The fourth-order valence-corrected chi connectivity index (χ4v) is 2.51. The summed E-state index contributed by atoms with van der Waals surface area (Å²) < 4.78 is 0. The zero-order chi connectivity index (χ0) is 13.0. The van der Waals surface area contributed by atoms with Crippen LogP contribution in [-0.4, -0.2) is 53.3 Å². The Morgan fingerprint density at radius 1 is 1.50 bits per heavy atom. The molecule has 0 radical (unpaired) electrons. The van der Waals surface area contributed by atoms with E-state index in [1.165, 1.54) is 0 Å². The average Bonchev–Trinajstić information content (AvgIpc) is 2.39. The molecule has 2 rings (SSSR count). The Labute approximate surface area is 108 Å². The molecule has 1 aromatic rings. The van der Waals surface area contributed by atoms with E-state index in [0.29, 0.717) is 5.92 Å². The highest BCUT2D eigenvalue weighted by molar-refractivity contribution is 5.35. The van der Waals surface area contributed by atoms with Crippen LogP contribution in [0.25, 0.3) is 0 Å². The van der Waals surface area contributed by atoms with Crippen molar-refractivity contribution in [2.75, 3.05) is 38.6 Å². The number of piperidine rings is 1. The van der Waals surface area contributed by atoms with Gasteiger partial charge in [0.15, 0.2) is 0 Å². The molecule has 5 nitrogen and oxygen atoms in total. The van der Waals surface area contributed by atoms with Crippen LogP contribution in [0, 0.1) is 6.92 Å². The van der Waals surface area contributed by atoms with Crippen molar-refractivity contribution in [1.82, 2.24) is 14.9 Å². The quantitative estimate of drug-likeness (QED) is 0.834. The van der Waals surface area contributed by atoms with Gasteiger partial charge in [0.25, 0.3) is 0 Å². The highest BCUT2D eigenvalue weighted by atomic mass is 16.3. The van der Waals surface area contributed by atoms with Gasteiger partial charge in [-0.15, -0.1) is 0 Å². The molecule has 0 spiro atoms. The van der Waals surface area contributed by atoms with Crippen molar-refractivity contribution in [3.05, 3.63) is 17.6 Å². The summed E-state index contributed by atoms with van der Waals surface area (Å²) in [6.45, 7) is 5.00. The smallest absolute Gasteiger partial charge is 0.135 e. The van der Waals surface area contributed by atoms with Crippen LogP contribution in [-0.2, 0) is 0 Å². The maximum absolute atomic E-state index is 9.02. The number of aromatic nitrogens is 2. The molecular formula is C13H22N4O. The fraction of sp³-hybridized carbons (Fsp3) is 0.692. The molecular weight excluding hydrogens is 228 g/mol. The van der Waals surface area contributed by atoms with Gasteiger partial charge in [-0.05, 0) is 26.3 Å². The second kappa shape index (κ2) is 6.11. The van der Waals surface area contributed by atoms with Crippen LogP contribution in [0.2, 0.25) is 0 Å². The number of hydrogen-bond donors (Lipinski definition) is 2. The zero-order valence-electron chi connectivity index (χ0n) is 11.2. The number of aliphatic hydroxyl groups excluding tert-OH is 1. The topological polar surface area (TPSA) is 61.3 Å². The highest BCUT2D eigenvalue weighted by Crippen LogP contribution is 2.25. The van der Waals surface area contributed by atoms with Gasteiger partial charge in [0, 0.05) is 37.8 Å². The summed E-state index contributed by atoms with van der Waals surface area (Å²) >= 11 is 0. The number of hydrogen-bond acceptors (Lipinski definition) is 5. The second-order valence-corrected chi connectivity index (χ2v) is 4.87. The lowest BCUT2D eigenvalue weighted by Gasteiger charge is -2.31. The van der Waals surface area contributed by atoms with Gasteiger partial charge < -0.3 is 15.3 Å². The molecule has 1 unspecified atom stereocenters. The van der Waals surface area contributed by atoms with Crippen molar-refractivity contribution in [3.8, 4) is 0 Å². The normalized spacial score (nSPS) is 20.9. The van der Waals surface area contributed by atoms with Crippen LogP contribution < -0.4 is 5.32 Å². The summed E-state index contributed by atoms with van der Waals surface area (Å²) in [4.78, 5) is 11.4. The highest BCUT2D eigenvalue weighted by Gasteiger charge is 2.23. The van der Waals surface area contributed by atoms with E-state index in [0.717, 1.165) is 49.8 Å². The molecule has 0 saturated carbocycles. The molecule has 2 N–H and O–H groups in total. The van der Waals surface area contributed by atoms with Crippen molar-refractivity contribution < 1.29 is 5.11 Å². The lowest BCUT2D eigenvalue weighted by atomic mass is 9.97. The molecule has 1 saturated heterocycles. The summed E-state index contributed by atoms with van der Waals surface area (Å²) in [5.41, 5.74) is 1.00. The molecule has 1 fully saturated rings. The standard InChI is InChI=1S/C13H22N4O/c1-10-8-12(14-2)16-13(15-10)11-4-3-5-17(9-11)6-7-18/h8,11,18H,3-7,9H2,1-2H3,(H,14,15,16). The largest absolute Gasteiger partial charge is 0.395 e. The number of nitrogens with one attached hydrogen (secondary N) is 1. The number of β-amino-alcohol motifs (C(OH)–C–C–N with tert-alkyl or cyclic N) is 1. The summed E-state index contributed by atoms with van der Waals surface area (Å²) in [5, 5.41) is 12.1. The predicted molar refractivity (Wildman–Crippen MR) is 71.8 cm³/mol. The van der Waals surface area contributed by atoms with Crippen LogP contribution in [0.5, 0.6) is 0 Å². The molecule has 100 valence electrons. The van der Waals surface area contributed by atoms with Gasteiger partial charge in [0.05, 0.1) is 6.61 Å². The van der Waals surface area contributed by atoms with Crippen molar-refractivity contribution in [2.24, 2.45) is 0 Å². The minimum atomic E-state index is 0.225. The number of aryl methyl sites for hydroxylation is 1. The Morgan fingerprint density at radius 2 is 2.33 bits per heavy atom. The molecule has 1 atom stereocenters. The van der Waals surface area contributed by atoms with Gasteiger partial charge in [0.1, 0.15) is 11.6 Å². The maximum atomic E-state index is 9.02. The first-order chi connectivity index (χ1) is 8.72. The lowest BCUT2D eigenvalue weighted by Crippen LogP contribution is -2.36. The number of nitrogens with zero attached hydrogens (tertiary/aromatic N) is 3. The maximum Gasteiger partial charge on any atom is 0.135 e. The van der Waals surface area contributed by atoms with Gasteiger partial charge in [-0.25, -0.2) is 9.97 Å². The number of rotatable bonds is 4. The third-order valence-corrected chi connectivity index (χ3v) is 3.41. The lowest BCUT2D eigenvalue weighted by molar-refractivity contribution is 0.159. The van der Waals surface area contributed by atoms with E-state index in [-0.39, 0.29) is 6.61 Å². The molecule has 2 heterocycles.